The molecule has 0 amide bonds. The Hall–Kier alpha value is 0.340. The Balaban J connectivity index is 3.14. The van der Waals surface area contributed by atoms with E-state index in [9.17, 15) is 0 Å². The van der Waals surface area contributed by atoms with Crippen LogP contribution in [-0.2, 0) is 0 Å². The predicted molar refractivity (Wildman–Crippen MR) is 111 cm³/mol. The smallest absolute Gasteiger partial charge is 0.0347 e. The van der Waals surface area contributed by atoms with Gasteiger partial charge in [0.05, 0.1) is 0 Å². The van der Waals surface area contributed by atoms with Crippen LogP contribution in [0.5, 0.6) is 0 Å². The fraction of sp³-hybridized carbons (Fsp3) is 0.800. The topological polar surface area (TPSA) is 0 Å². The van der Waals surface area contributed by atoms with Gasteiger partial charge in [0, 0.05) is 0 Å². The minimum atomic E-state index is 1.02. The van der Waals surface area contributed by atoms with Crippen molar-refractivity contribution in [1.82, 2.24) is 0 Å². The molecule has 0 aromatic carbocycles. The second kappa shape index (κ2) is 21.3. The Morgan fingerprint density at radius 1 is 0.500 bits per heavy atom. The highest BCUT2D eigenvalue weighted by Crippen LogP contribution is 2.39. The lowest BCUT2D eigenvalue weighted by atomic mass is 10.1. The van der Waals surface area contributed by atoms with Crippen LogP contribution in [0, 0.1) is 0 Å². The first-order valence-electron chi connectivity index (χ1n) is 9.72. The first-order valence-corrected chi connectivity index (χ1v) is 12.9. The van der Waals surface area contributed by atoms with E-state index in [-0.39, 0.29) is 0 Å². The molecule has 0 N–H and O–H groups in total. The zero-order valence-corrected chi connectivity index (χ0v) is 17.2. The Morgan fingerprint density at radius 3 is 1.27 bits per heavy atom. The van der Waals surface area contributed by atoms with Crippen LogP contribution in [0.2, 0.25) is 0 Å². The van der Waals surface area contributed by atoms with Gasteiger partial charge in [-0.05, 0) is 25.7 Å². The quantitative estimate of drug-likeness (QED) is 0.183. The van der Waals surface area contributed by atoms with Gasteiger partial charge in [-0.3, -0.25) is 0 Å². The van der Waals surface area contributed by atoms with Gasteiger partial charge in [-0.1, -0.05) is 118 Å². The van der Waals surface area contributed by atoms with Gasteiger partial charge in [0.15, 0.2) is 0 Å². The predicted octanol–water partition coefficient (Wildman–Crippen LogP) is 8.79. The van der Waals surface area contributed by atoms with Gasteiger partial charge in [0.2, 0.25) is 0 Å². The molecule has 0 rings (SSSR count). The van der Waals surface area contributed by atoms with E-state index in [1.54, 1.807) is 0 Å². The molecule has 0 heterocycles. The molecular weight excluding hydrogens is 302 g/mol. The van der Waals surface area contributed by atoms with E-state index in [0.717, 1.165) is 16.5 Å². The zero-order chi connectivity index (χ0) is 16.1. The zero-order valence-electron chi connectivity index (χ0n) is 15.2. The second-order valence-electron chi connectivity index (χ2n) is 6.21. The van der Waals surface area contributed by atoms with E-state index in [1.807, 2.05) is 0 Å². The summed E-state index contributed by atoms with van der Waals surface area (Å²) < 4.78 is 0. The highest BCUT2D eigenvalue weighted by atomic mass is 32.0. The monoisotopic (exact) mass is 342 g/mol. The summed E-state index contributed by atoms with van der Waals surface area (Å²) in [7, 11) is 2.03. The van der Waals surface area contributed by atoms with E-state index in [4.69, 9.17) is 0 Å². The van der Waals surface area contributed by atoms with E-state index in [0.29, 0.717) is 0 Å². The molecule has 2 unspecified atom stereocenters. The Labute approximate surface area is 144 Å². The molecular formula is C20H40P2. The molecule has 0 saturated heterocycles. The van der Waals surface area contributed by atoms with Crippen LogP contribution in [0.1, 0.15) is 104 Å². The van der Waals surface area contributed by atoms with Crippen molar-refractivity contribution in [2.24, 2.45) is 0 Å². The molecule has 0 spiro atoms. The molecule has 0 bridgehead atoms. The molecule has 22 heavy (non-hydrogen) atoms. The van der Waals surface area contributed by atoms with Crippen molar-refractivity contribution in [3.05, 3.63) is 23.8 Å². The summed E-state index contributed by atoms with van der Waals surface area (Å²) in [4.78, 5) is 0. The first-order chi connectivity index (χ1) is 10.9. The van der Waals surface area contributed by atoms with Gasteiger partial charge >= 0.3 is 0 Å². The van der Waals surface area contributed by atoms with Crippen LogP contribution in [0.3, 0.4) is 0 Å². The minimum absolute atomic E-state index is 1.02. The van der Waals surface area contributed by atoms with Crippen molar-refractivity contribution in [3.63, 3.8) is 0 Å². The van der Waals surface area contributed by atoms with Gasteiger partial charge in [0.1, 0.15) is 0 Å². The molecule has 0 aliphatic carbocycles. The third kappa shape index (κ3) is 20.3. The van der Waals surface area contributed by atoms with Gasteiger partial charge in [-0.25, -0.2) is 0 Å². The van der Waals surface area contributed by atoms with Crippen molar-refractivity contribution in [1.29, 1.82) is 0 Å². The summed E-state index contributed by atoms with van der Waals surface area (Å²) in [6.07, 6.45) is 24.3. The lowest BCUT2D eigenvalue weighted by Gasteiger charge is -1.98. The molecule has 0 aromatic heterocycles. The molecule has 0 aliphatic heterocycles. The van der Waals surface area contributed by atoms with Crippen molar-refractivity contribution < 1.29 is 0 Å². The summed E-state index contributed by atoms with van der Waals surface area (Å²) in [5, 5.41) is 0. The third-order valence-electron chi connectivity index (χ3n) is 3.93. The summed E-state index contributed by atoms with van der Waals surface area (Å²) in [5.41, 5.74) is 0. The number of unbranched alkanes of at least 4 members (excludes halogenated alkanes) is 12. The lowest BCUT2D eigenvalue weighted by Crippen LogP contribution is -1.77. The normalized spacial score (nSPS) is 13.0. The van der Waals surface area contributed by atoms with E-state index < -0.39 is 0 Å². The van der Waals surface area contributed by atoms with Crippen molar-refractivity contribution in [3.8, 4) is 0 Å². The average Bonchev–Trinajstić information content (AvgIpc) is 2.54. The number of allylic oxidation sites excluding steroid dienone is 2. The van der Waals surface area contributed by atoms with Gasteiger partial charge in [-0.15, -0.1) is 0 Å². The van der Waals surface area contributed by atoms with Crippen molar-refractivity contribution >= 4 is 16.5 Å². The van der Waals surface area contributed by atoms with Crippen LogP contribution < -0.4 is 0 Å². The molecule has 0 saturated carbocycles. The molecule has 130 valence electrons. The molecule has 2 atom stereocenters. The summed E-state index contributed by atoms with van der Waals surface area (Å²) >= 11 is 0. The van der Waals surface area contributed by atoms with Gasteiger partial charge in [-0.2, -0.15) is 0 Å². The van der Waals surface area contributed by atoms with Gasteiger partial charge < -0.3 is 0 Å². The summed E-state index contributed by atoms with van der Waals surface area (Å²) in [5.74, 6) is 4.83. The van der Waals surface area contributed by atoms with Crippen LogP contribution in [0.25, 0.3) is 0 Å². The molecule has 0 aliphatic rings. The van der Waals surface area contributed by atoms with E-state index >= 15 is 0 Å². The second-order valence-corrected chi connectivity index (χ2v) is 9.18. The SMILES string of the molecule is CCCCCCCC/C=C/PP/C=C/CCCCCCCC. The fourth-order valence-electron chi connectivity index (χ4n) is 2.47. The molecule has 2 heteroatoms. The maximum absolute atomic E-state index is 2.42. The standard InChI is InChI=1S/C20H40P2/c1-3-5-7-9-11-13-15-17-19-21-22-20-18-16-14-12-10-8-6-4-2/h17-22H,3-16H2,1-2H3/b19-17+,20-18+. The molecule has 0 nitrogen and oxygen atoms in total. The Kier molecular flexibility index (Phi) is 21.7. The largest absolute Gasteiger partial charge is 0.0840 e. The average molecular weight is 342 g/mol. The number of hydrogen-bond donors (Lipinski definition) is 0. The number of hydrogen-bond acceptors (Lipinski definition) is 0. The summed E-state index contributed by atoms with van der Waals surface area (Å²) in [6.45, 7) is 4.57. The third-order valence-corrected chi connectivity index (χ3v) is 6.41. The van der Waals surface area contributed by atoms with Crippen LogP contribution in [0.15, 0.2) is 23.8 Å². The Morgan fingerprint density at radius 2 is 0.864 bits per heavy atom. The summed E-state index contributed by atoms with van der Waals surface area (Å²) in [6, 6.07) is 0. The Bertz CT molecular complexity index is 220. The van der Waals surface area contributed by atoms with Crippen LogP contribution >= 0.6 is 16.5 Å². The van der Waals surface area contributed by atoms with Crippen molar-refractivity contribution in [2.45, 2.75) is 104 Å². The molecule has 0 fully saturated rings. The maximum Gasteiger partial charge on any atom is -0.0347 e. The van der Waals surface area contributed by atoms with E-state index in [1.165, 1.54) is 89.9 Å². The fourth-order valence-corrected chi connectivity index (χ4v) is 4.51. The highest BCUT2D eigenvalue weighted by molar-refractivity contribution is 8.14. The minimum Gasteiger partial charge on any atom is -0.0840 e. The maximum atomic E-state index is 2.42. The van der Waals surface area contributed by atoms with Crippen molar-refractivity contribution in [2.75, 3.05) is 0 Å². The number of rotatable bonds is 17. The first kappa shape index (κ1) is 22.3. The van der Waals surface area contributed by atoms with Crippen LogP contribution in [-0.4, -0.2) is 0 Å². The molecule has 0 aromatic rings. The molecule has 0 radical (unpaired) electrons. The van der Waals surface area contributed by atoms with Gasteiger partial charge in [0.25, 0.3) is 0 Å². The lowest BCUT2D eigenvalue weighted by molar-refractivity contribution is 0.611. The highest BCUT2D eigenvalue weighted by Gasteiger charge is 1.89. The van der Waals surface area contributed by atoms with E-state index in [2.05, 4.69) is 37.6 Å². The van der Waals surface area contributed by atoms with Crippen LogP contribution in [0.4, 0.5) is 0 Å².